The lowest BCUT2D eigenvalue weighted by Gasteiger charge is -2.24. The van der Waals surface area contributed by atoms with Crippen molar-refractivity contribution >= 4 is 17.5 Å². The molecule has 0 bridgehead atoms. The Bertz CT molecular complexity index is 570. The van der Waals surface area contributed by atoms with Gasteiger partial charge in [-0.1, -0.05) is 31.0 Å². The third-order valence-electron chi connectivity index (χ3n) is 5.02. The number of benzene rings is 1. The van der Waals surface area contributed by atoms with Crippen LogP contribution in [-0.4, -0.2) is 29.3 Å². The number of aryl methyl sites for hydroxylation is 2. The van der Waals surface area contributed by atoms with Crippen molar-refractivity contribution in [2.45, 2.75) is 52.0 Å². The summed E-state index contributed by atoms with van der Waals surface area (Å²) in [6.45, 7) is 4.57. The molecule has 1 atom stereocenters. The van der Waals surface area contributed by atoms with E-state index in [2.05, 4.69) is 5.32 Å². The summed E-state index contributed by atoms with van der Waals surface area (Å²) in [4.78, 5) is 26.7. The zero-order valence-corrected chi connectivity index (χ0v) is 13.4. The molecule has 2 amide bonds. The Morgan fingerprint density at radius 2 is 1.82 bits per heavy atom. The number of likely N-dealkylation sites (tertiary alicyclic amines) is 1. The third-order valence-corrected chi connectivity index (χ3v) is 5.02. The monoisotopic (exact) mass is 300 g/mol. The Kier molecular flexibility index (Phi) is 4.19. The lowest BCUT2D eigenvalue weighted by Crippen LogP contribution is -2.35. The van der Waals surface area contributed by atoms with Crippen LogP contribution in [0.1, 0.15) is 43.2 Å². The second-order valence-corrected chi connectivity index (χ2v) is 6.64. The first kappa shape index (κ1) is 15.1. The highest BCUT2D eigenvalue weighted by Crippen LogP contribution is 2.30. The second kappa shape index (κ2) is 6.11. The number of anilines is 1. The van der Waals surface area contributed by atoms with Gasteiger partial charge in [0.25, 0.3) is 0 Å². The number of hydrogen-bond donors (Lipinski definition) is 1. The fraction of sp³-hybridized carbons (Fsp3) is 0.556. The minimum atomic E-state index is -0.216. The number of nitrogens with zero attached hydrogens (tertiary/aromatic N) is 1. The van der Waals surface area contributed by atoms with Crippen LogP contribution in [0.15, 0.2) is 18.2 Å². The zero-order chi connectivity index (χ0) is 15.7. The SMILES string of the molecule is Cc1cccc(C)c1NC(=O)C1CC(=O)N(C2CCCC2)C1. The Hall–Kier alpha value is -1.84. The molecule has 2 aliphatic rings. The van der Waals surface area contributed by atoms with E-state index in [0.717, 1.165) is 29.7 Å². The van der Waals surface area contributed by atoms with Gasteiger partial charge < -0.3 is 10.2 Å². The van der Waals surface area contributed by atoms with E-state index >= 15 is 0 Å². The number of carbonyl (C=O) groups is 2. The van der Waals surface area contributed by atoms with Crippen LogP contribution in [0.25, 0.3) is 0 Å². The van der Waals surface area contributed by atoms with Gasteiger partial charge in [-0.3, -0.25) is 9.59 Å². The molecule has 22 heavy (non-hydrogen) atoms. The van der Waals surface area contributed by atoms with Gasteiger partial charge in [-0.05, 0) is 37.8 Å². The van der Waals surface area contributed by atoms with E-state index in [9.17, 15) is 9.59 Å². The molecule has 1 aromatic carbocycles. The second-order valence-electron chi connectivity index (χ2n) is 6.64. The number of amides is 2. The Morgan fingerprint density at radius 3 is 2.45 bits per heavy atom. The zero-order valence-electron chi connectivity index (χ0n) is 13.4. The van der Waals surface area contributed by atoms with Gasteiger partial charge in [-0.2, -0.15) is 0 Å². The van der Waals surface area contributed by atoms with Crippen LogP contribution in [0, 0.1) is 19.8 Å². The normalized spacial score (nSPS) is 22.4. The first-order valence-corrected chi connectivity index (χ1v) is 8.23. The molecule has 4 nitrogen and oxygen atoms in total. The van der Waals surface area contributed by atoms with Crippen molar-refractivity contribution in [3.63, 3.8) is 0 Å². The first-order valence-electron chi connectivity index (χ1n) is 8.23. The number of rotatable bonds is 3. The molecule has 1 N–H and O–H groups in total. The molecular weight excluding hydrogens is 276 g/mol. The molecule has 1 aliphatic carbocycles. The van der Waals surface area contributed by atoms with Crippen molar-refractivity contribution in [3.8, 4) is 0 Å². The molecule has 1 heterocycles. The number of nitrogens with one attached hydrogen (secondary N) is 1. The lowest BCUT2D eigenvalue weighted by molar-refractivity contribution is -0.129. The maximum Gasteiger partial charge on any atom is 0.229 e. The summed E-state index contributed by atoms with van der Waals surface area (Å²) in [5, 5.41) is 3.03. The molecule has 3 rings (SSSR count). The van der Waals surface area contributed by atoms with Crippen LogP contribution in [0.5, 0.6) is 0 Å². The molecule has 1 saturated heterocycles. The van der Waals surface area contributed by atoms with Crippen molar-refractivity contribution < 1.29 is 9.59 Å². The van der Waals surface area contributed by atoms with Crippen LogP contribution in [0.2, 0.25) is 0 Å². The summed E-state index contributed by atoms with van der Waals surface area (Å²) in [5.41, 5.74) is 3.01. The van der Waals surface area contributed by atoms with E-state index in [4.69, 9.17) is 0 Å². The fourth-order valence-electron chi connectivity index (χ4n) is 3.71. The minimum Gasteiger partial charge on any atom is -0.339 e. The van der Waals surface area contributed by atoms with Crippen molar-refractivity contribution in [2.75, 3.05) is 11.9 Å². The summed E-state index contributed by atoms with van der Waals surface area (Å²) in [6.07, 6.45) is 4.95. The summed E-state index contributed by atoms with van der Waals surface area (Å²) in [6, 6.07) is 6.34. The maximum absolute atomic E-state index is 12.5. The molecule has 4 heteroatoms. The van der Waals surface area contributed by atoms with Crippen LogP contribution < -0.4 is 5.32 Å². The molecule has 1 aliphatic heterocycles. The predicted molar refractivity (Wildman–Crippen MR) is 86.6 cm³/mol. The summed E-state index contributed by atoms with van der Waals surface area (Å²) < 4.78 is 0. The van der Waals surface area contributed by atoms with Crippen LogP contribution >= 0.6 is 0 Å². The maximum atomic E-state index is 12.5. The van der Waals surface area contributed by atoms with Gasteiger partial charge in [-0.15, -0.1) is 0 Å². The number of hydrogen-bond acceptors (Lipinski definition) is 2. The van der Waals surface area contributed by atoms with Gasteiger partial charge >= 0.3 is 0 Å². The molecule has 2 fully saturated rings. The largest absolute Gasteiger partial charge is 0.339 e. The summed E-state index contributed by atoms with van der Waals surface area (Å²) in [5.74, 6) is -0.0908. The van der Waals surface area contributed by atoms with Gasteiger partial charge in [0.05, 0.1) is 5.92 Å². The molecule has 118 valence electrons. The molecule has 0 spiro atoms. The van der Waals surface area contributed by atoms with Crippen molar-refractivity contribution in [1.29, 1.82) is 0 Å². The number of carbonyl (C=O) groups excluding carboxylic acids is 2. The Labute approximate surface area is 131 Å². The van der Waals surface area contributed by atoms with Crippen molar-refractivity contribution in [2.24, 2.45) is 5.92 Å². The smallest absolute Gasteiger partial charge is 0.229 e. The van der Waals surface area contributed by atoms with Crippen LogP contribution in [-0.2, 0) is 9.59 Å². The Morgan fingerprint density at radius 1 is 1.18 bits per heavy atom. The van der Waals surface area contributed by atoms with E-state index in [1.165, 1.54) is 12.8 Å². The molecule has 0 radical (unpaired) electrons. The average Bonchev–Trinajstić information content (AvgIpc) is 3.11. The van der Waals surface area contributed by atoms with Gasteiger partial charge in [0, 0.05) is 24.7 Å². The quantitative estimate of drug-likeness (QED) is 0.933. The number of para-hydroxylation sites is 1. The van der Waals surface area contributed by atoms with E-state index in [0.29, 0.717) is 19.0 Å². The molecule has 1 aromatic rings. The summed E-state index contributed by atoms with van der Waals surface area (Å²) in [7, 11) is 0. The van der Waals surface area contributed by atoms with Crippen molar-refractivity contribution in [1.82, 2.24) is 4.90 Å². The molecule has 1 saturated carbocycles. The average molecular weight is 300 g/mol. The molecule has 0 aromatic heterocycles. The van der Waals surface area contributed by atoms with Crippen molar-refractivity contribution in [3.05, 3.63) is 29.3 Å². The highest BCUT2D eigenvalue weighted by atomic mass is 16.2. The predicted octanol–water partition coefficient (Wildman–Crippen LogP) is 3.03. The van der Waals surface area contributed by atoms with Gasteiger partial charge in [0.1, 0.15) is 0 Å². The van der Waals surface area contributed by atoms with E-state index in [1.54, 1.807) is 0 Å². The lowest BCUT2D eigenvalue weighted by atomic mass is 10.1. The first-order chi connectivity index (χ1) is 10.6. The fourth-order valence-corrected chi connectivity index (χ4v) is 3.71. The van der Waals surface area contributed by atoms with E-state index in [1.807, 2.05) is 36.9 Å². The van der Waals surface area contributed by atoms with E-state index < -0.39 is 0 Å². The van der Waals surface area contributed by atoms with Gasteiger partial charge in [0.2, 0.25) is 11.8 Å². The van der Waals surface area contributed by atoms with Crippen LogP contribution in [0.3, 0.4) is 0 Å². The summed E-state index contributed by atoms with van der Waals surface area (Å²) >= 11 is 0. The minimum absolute atomic E-state index is 0.0220. The Balaban J connectivity index is 1.67. The van der Waals surface area contributed by atoms with Gasteiger partial charge in [0.15, 0.2) is 0 Å². The molecular formula is C18H24N2O2. The van der Waals surface area contributed by atoms with Crippen LogP contribution in [0.4, 0.5) is 5.69 Å². The highest BCUT2D eigenvalue weighted by Gasteiger charge is 2.38. The standard InChI is InChI=1S/C18H24N2O2/c1-12-6-5-7-13(2)17(12)19-18(22)14-10-16(21)20(11-14)15-8-3-4-9-15/h5-7,14-15H,3-4,8-11H2,1-2H3,(H,19,22). The third kappa shape index (κ3) is 2.87. The molecule has 1 unspecified atom stereocenters. The highest BCUT2D eigenvalue weighted by molar-refractivity contribution is 5.98. The van der Waals surface area contributed by atoms with Gasteiger partial charge in [-0.25, -0.2) is 0 Å². The topological polar surface area (TPSA) is 49.4 Å². The van der Waals surface area contributed by atoms with E-state index in [-0.39, 0.29) is 17.7 Å².